The summed E-state index contributed by atoms with van der Waals surface area (Å²) >= 11 is 0. The Labute approximate surface area is 202 Å². The molecule has 0 saturated carbocycles. The fraction of sp³-hybridized carbons (Fsp3) is 0.478. The average molecular weight is 542 g/mol. The molecular formula is C23H35IN4O3. The number of hydrogen-bond donors (Lipinski definition) is 3. The molecule has 0 aliphatic carbocycles. The lowest BCUT2D eigenvalue weighted by molar-refractivity contribution is 0.251. The number of nitrogens with zero attached hydrogens (tertiary/aromatic N) is 2. The molecule has 0 radical (unpaired) electrons. The van der Waals surface area contributed by atoms with Crippen molar-refractivity contribution in [2.75, 3.05) is 26.8 Å². The Kier molecular flexibility index (Phi) is 13.6. The number of methoxy groups -OCH3 is 1. The van der Waals surface area contributed by atoms with Crippen molar-refractivity contribution < 1.29 is 14.6 Å². The minimum atomic E-state index is 0. The van der Waals surface area contributed by atoms with Crippen molar-refractivity contribution >= 4 is 29.9 Å². The van der Waals surface area contributed by atoms with Gasteiger partial charge in [0.15, 0.2) is 5.96 Å². The molecule has 7 nitrogen and oxygen atoms in total. The van der Waals surface area contributed by atoms with Crippen LogP contribution in [0.4, 0.5) is 0 Å². The summed E-state index contributed by atoms with van der Waals surface area (Å²) in [6.07, 6.45) is 4.77. The molecule has 0 fully saturated rings. The number of ether oxygens (including phenoxy) is 2. The standard InChI is InChI=1S/C23H34N4O3.HI/c1-4-7-18(12-13-28)15-26-23(24-5-2)27-17-19-10-11-22(25-16-19)30-21-9-6-8-20(14-21)29-3;/h6,8-11,14,16,18,28H,4-5,7,12-13,15,17H2,1-3H3,(H2,24,26,27);1H. The first kappa shape index (κ1) is 27.0. The highest BCUT2D eigenvalue weighted by Crippen LogP contribution is 2.23. The molecule has 2 rings (SSSR count). The molecule has 0 saturated heterocycles. The summed E-state index contributed by atoms with van der Waals surface area (Å²) < 4.78 is 11.0. The Morgan fingerprint density at radius 2 is 1.94 bits per heavy atom. The molecule has 1 heterocycles. The number of pyridine rings is 1. The zero-order valence-electron chi connectivity index (χ0n) is 18.6. The molecule has 2 aromatic rings. The topological polar surface area (TPSA) is 88.0 Å². The van der Waals surface area contributed by atoms with E-state index in [1.807, 2.05) is 43.3 Å². The monoisotopic (exact) mass is 542 g/mol. The van der Waals surface area contributed by atoms with Gasteiger partial charge in [-0.25, -0.2) is 9.98 Å². The fourth-order valence-corrected chi connectivity index (χ4v) is 3.04. The maximum absolute atomic E-state index is 9.23. The van der Waals surface area contributed by atoms with Crippen LogP contribution in [0.1, 0.15) is 38.7 Å². The van der Waals surface area contributed by atoms with Crippen molar-refractivity contribution in [2.45, 2.75) is 39.7 Å². The number of benzene rings is 1. The number of aromatic nitrogens is 1. The number of rotatable bonds is 12. The highest BCUT2D eigenvalue weighted by atomic mass is 127. The molecule has 0 aliphatic heterocycles. The van der Waals surface area contributed by atoms with Gasteiger partial charge >= 0.3 is 0 Å². The molecule has 31 heavy (non-hydrogen) atoms. The maximum Gasteiger partial charge on any atom is 0.219 e. The Morgan fingerprint density at radius 3 is 2.58 bits per heavy atom. The summed E-state index contributed by atoms with van der Waals surface area (Å²) in [5.41, 5.74) is 0.991. The van der Waals surface area contributed by atoms with E-state index in [1.165, 1.54) is 0 Å². The van der Waals surface area contributed by atoms with E-state index >= 15 is 0 Å². The first-order chi connectivity index (χ1) is 14.7. The van der Waals surface area contributed by atoms with Gasteiger partial charge in [-0.1, -0.05) is 25.5 Å². The Morgan fingerprint density at radius 1 is 1.13 bits per heavy atom. The highest BCUT2D eigenvalue weighted by Gasteiger charge is 2.08. The summed E-state index contributed by atoms with van der Waals surface area (Å²) in [7, 11) is 1.62. The fourth-order valence-electron chi connectivity index (χ4n) is 3.04. The molecule has 1 unspecified atom stereocenters. The van der Waals surface area contributed by atoms with Gasteiger partial charge in [0, 0.05) is 38.0 Å². The van der Waals surface area contributed by atoms with Gasteiger partial charge < -0.3 is 25.2 Å². The minimum Gasteiger partial charge on any atom is -0.497 e. The number of aliphatic hydroxyl groups excluding tert-OH is 1. The summed E-state index contributed by atoms with van der Waals surface area (Å²) in [5, 5.41) is 15.9. The third-order valence-electron chi connectivity index (χ3n) is 4.62. The lowest BCUT2D eigenvalue weighted by Gasteiger charge is -2.18. The van der Waals surface area contributed by atoms with Crippen LogP contribution in [0.2, 0.25) is 0 Å². The number of aliphatic hydroxyl groups is 1. The Balaban J connectivity index is 0.00000480. The van der Waals surface area contributed by atoms with Crippen LogP contribution < -0.4 is 20.1 Å². The third kappa shape index (κ3) is 10.2. The highest BCUT2D eigenvalue weighted by molar-refractivity contribution is 14.0. The van der Waals surface area contributed by atoms with Gasteiger partial charge in [0.2, 0.25) is 5.88 Å². The lowest BCUT2D eigenvalue weighted by atomic mass is 10.0. The van der Waals surface area contributed by atoms with Crippen molar-refractivity contribution in [1.82, 2.24) is 15.6 Å². The zero-order chi connectivity index (χ0) is 21.6. The van der Waals surface area contributed by atoms with E-state index in [-0.39, 0.29) is 30.6 Å². The SMILES string of the molecule is CCCC(CCO)CNC(=NCc1ccc(Oc2cccc(OC)c2)nc1)NCC.I. The van der Waals surface area contributed by atoms with Gasteiger partial charge in [-0.2, -0.15) is 0 Å². The van der Waals surface area contributed by atoms with Crippen molar-refractivity contribution in [2.24, 2.45) is 10.9 Å². The number of nitrogens with one attached hydrogen (secondary N) is 2. The largest absolute Gasteiger partial charge is 0.497 e. The van der Waals surface area contributed by atoms with E-state index in [4.69, 9.17) is 9.47 Å². The molecular weight excluding hydrogens is 507 g/mol. The average Bonchev–Trinajstić information content (AvgIpc) is 2.77. The molecule has 1 atom stereocenters. The second kappa shape index (κ2) is 15.7. The maximum atomic E-state index is 9.23. The van der Waals surface area contributed by atoms with E-state index in [0.29, 0.717) is 24.1 Å². The van der Waals surface area contributed by atoms with Crippen molar-refractivity contribution in [3.8, 4) is 17.4 Å². The third-order valence-corrected chi connectivity index (χ3v) is 4.62. The van der Waals surface area contributed by atoms with Crippen molar-refractivity contribution in [3.05, 3.63) is 48.2 Å². The molecule has 172 valence electrons. The van der Waals surface area contributed by atoms with Gasteiger partial charge in [0.25, 0.3) is 0 Å². The first-order valence-electron chi connectivity index (χ1n) is 10.6. The van der Waals surface area contributed by atoms with E-state index in [0.717, 1.165) is 49.6 Å². The summed E-state index contributed by atoms with van der Waals surface area (Å²) in [6.45, 7) is 6.52. The minimum absolute atomic E-state index is 0. The van der Waals surface area contributed by atoms with Gasteiger partial charge in [-0.15, -0.1) is 24.0 Å². The van der Waals surface area contributed by atoms with Gasteiger partial charge in [-0.05, 0) is 43.4 Å². The zero-order valence-corrected chi connectivity index (χ0v) is 21.0. The quantitative estimate of drug-likeness (QED) is 0.210. The van der Waals surface area contributed by atoms with Crippen LogP contribution in [0, 0.1) is 5.92 Å². The van der Waals surface area contributed by atoms with E-state index < -0.39 is 0 Å². The van der Waals surface area contributed by atoms with Crippen LogP contribution in [-0.4, -0.2) is 42.9 Å². The van der Waals surface area contributed by atoms with Crippen LogP contribution in [0.3, 0.4) is 0 Å². The van der Waals surface area contributed by atoms with Gasteiger partial charge in [-0.3, -0.25) is 0 Å². The number of hydrogen-bond acceptors (Lipinski definition) is 5. The molecule has 3 N–H and O–H groups in total. The van der Waals surface area contributed by atoms with Crippen LogP contribution >= 0.6 is 24.0 Å². The van der Waals surface area contributed by atoms with E-state index in [9.17, 15) is 5.11 Å². The normalized spacial score (nSPS) is 11.9. The predicted molar refractivity (Wildman–Crippen MR) is 136 cm³/mol. The number of guanidine groups is 1. The van der Waals surface area contributed by atoms with Gasteiger partial charge in [0.05, 0.1) is 13.7 Å². The Bertz CT molecular complexity index is 766. The molecule has 1 aromatic carbocycles. The number of aliphatic imine (C=N–C) groups is 1. The molecule has 1 aromatic heterocycles. The summed E-state index contributed by atoms with van der Waals surface area (Å²) in [5.74, 6) is 3.15. The smallest absolute Gasteiger partial charge is 0.219 e. The first-order valence-corrected chi connectivity index (χ1v) is 10.6. The lowest BCUT2D eigenvalue weighted by Crippen LogP contribution is -2.40. The van der Waals surface area contributed by atoms with Crippen molar-refractivity contribution in [1.29, 1.82) is 0 Å². The van der Waals surface area contributed by atoms with Crippen LogP contribution in [0.15, 0.2) is 47.6 Å². The van der Waals surface area contributed by atoms with Gasteiger partial charge in [0.1, 0.15) is 11.5 Å². The van der Waals surface area contributed by atoms with Crippen LogP contribution in [-0.2, 0) is 6.54 Å². The predicted octanol–water partition coefficient (Wildman–Crippen LogP) is 4.35. The second-order valence-electron chi connectivity index (χ2n) is 7.03. The van der Waals surface area contributed by atoms with Crippen LogP contribution in [0.25, 0.3) is 0 Å². The molecule has 0 amide bonds. The number of halogens is 1. The van der Waals surface area contributed by atoms with E-state index in [1.54, 1.807) is 13.3 Å². The van der Waals surface area contributed by atoms with Crippen LogP contribution in [0.5, 0.6) is 17.4 Å². The van der Waals surface area contributed by atoms with E-state index in [2.05, 4.69) is 27.5 Å². The van der Waals surface area contributed by atoms with Crippen molar-refractivity contribution in [3.63, 3.8) is 0 Å². The molecule has 0 bridgehead atoms. The Hall–Kier alpha value is -2.07. The molecule has 0 aliphatic rings. The molecule has 0 spiro atoms. The summed E-state index contributed by atoms with van der Waals surface area (Å²) in [4.78, 5) is 9.02. The molecule has 8 heteroatoms. The second-order valence-corrected chi connectivity index (χ2v) is 7.03. The summed E-state index contributed by atoms with van der Waals surface area (Å²) in [6, 6.07) is 11.2.